The van der Waals surface area contributed by atoms with E-state index in [1.54, 1.807) is 26.8 Å². The number of carboxylic acids is 1. The average molecular weight is 277 g/mol. The van der Waals surface area contributed by atoms with Crippen LogP contribution in [-0.4, -0.2) is 22.8 Å². The molecular formula is C15H19NO4. The fourth-order valence-electron chi connectivity index (χ4n) is 2.35. The van der Waals surface area contributed by atoms with Crippen molar-refractivity contribution in [2.24, 2.45) is 0 Å². The summed E-state index contributed by atoms with van der Waals surface area (Å²) in [5, 5.41) is 11.8. The van der Waals surface area contributed by atoms with Crippen molar-refractivity contribution in [3.8, 4) is 0 Å². The van der Waals surface area contributed by atoms with Crippen molar-refractivity contribution in [1.29, 1.82) is 0 Å². The van der Waals surface area contributed by atoms with E-state index in [0.717, 1.165) is 30.4 Å². The molecule has 0 saturated carbocycles. The number of aryl methyl sites for hydroxylation is 1. The third-order valence-electron chi connectivity index (χ3n) is 3.10. The van der Waals surface area contributed by atoms with Crippen LogP contribution in [0.1, 0.15) is 48.7 Å². The minimum atomic E-state index is -0.994. The molecule has 1 aromatic rings. The van der Waals surface area contributed by atoms with Gasteiger partial charge in [-0.15, -0.1) is 0 Å². The molecular weight excluding hydrogens is 258 g/mol. The van der Waals surface area contributed by atoms with Gasteiger partial charge in [0.1, 0.15) is 5.60 Å². The van der Waals surface area contributed by atoms with Gasteiger partial charge in [-0.3, -0.25) is 5.32 Å². The van der Waals surface area contributed by atoms with Crippen molar-refractivity contribution in [2.45, 2.75) is 45.6 Å². The molecule has 2 rings (SSSR count). The molecule has 0 heterocycles. The van der Waals surface area contributed by atoms with Crippen LogP contribution >= 0.6 is 0 Å². The lowest BCUT2D eigenvalue weighted by Gasteiger charge is -2.20. The van der Waals surface area contributed by atoms with Crippen LogP contribution in [0.5, 0.6) is 0 Å². The maximum Gasteiger partial charge on any atom is 0.412 e. The monoisotopic (exact) mass is 277 g/mol. The number of hydrogen-bond acceptors (Lipinski definition) is 3. The summed E-state index contributed by atoms with van der Waals surface area (Å²) < 4.78 is 5.20. The number of fused-ring (bicyclic) bond motifs is 1. The highest BCUT2D eigenvalue weighted by molar-refractivity contribution is 5.93. The lowest BCUT2D eigenvalue weighted by Crippen LogP contribution is -2.27. The molecule has 0 radical (unpaired) electrons. The van der Waals surface area contributed by atoms with Gasteiger partial charge in [-0.2, -0.15) is 0 Å². The number of benzene rings is 1. The Labute approximate surface area is 117 Å². The van der Waals surface area contributed by atoms with E-state index in [2.05, 4.69) is 5.32 Å². The van der Waals surface area contributed by atoms with Gasteiger partial charge in [-0.25, -0.2) is 9.59 Å². The fourth-order valence-corrected chi connectivity index (χ4v) is 2.35. The van der Waals surface area contributed by atoms with Gasteiger partial charge in [-0.1, -0.05) is 0 Å². The summed E-state index contributed by atoms with van der Waals surface area (Å²) in [4.78, 5) is 23.0. The number of ether oxygens (including phenoxy) is 1. The Kier molecular flexibility index (Phi) is 3.70. The Morgan fingerprint density at radius 1 is 1.25 bits per heavy atom. The lowest BCUT2D eigenvalue weighted by atomic mass is 10.0. The van der Waals surface area contributed by atoms with Crippen molar-refractivity contribution < 1.29 is 19.4 Å². The van der Waals surface area contributed by atoms with Crippen molar-refractivity contribution >= 4 is 17.7 Å². The third-order valence-corrected chi connectivity index (χ3v) is 3.10. The van der Waals surface area contributed by atoms with Crippen LogP contribution in [0.2, 0.25) is 0 Å². The molecule has 0 atom stereocenters. The number of carboxylic acid groups (broad SMARTS) is 1. The summed E-state index contributed by atoms with van der Waals surface area (Å²) in [6, 6.07) is 3.18. The largest absolute Gasteiger partial charge is 0.478 e. The second kappa shape index (κ2) is 5.15. The Balaban J connectivity index is 2.27. The minimum absolute atomic E-state index is 0.191. The van der Waals surface area contributed by atoms with E-state index in [-0.39, 0.29) is 5.56 Å². The van der Waals surface area contributed by atoms with Crippen LogP contribution in [0.15, 0.2) is 12.1 Å². The number of amides is 1. The molecule has 0 aromatic heterocycles. The Morgan fingerprint density at radius 2 is 1.95 bits per heavy atom. The van der Waals surface area contributed by atoms with Crippen LogP contribution in [-0.2, 0) is 17.6 Å². The number of anilines is 1. The van der Waals surface area contributed by atoms with Gasteiger partial charge in [0.25, 0.3) is 0 Å². The highest BCUT2D eigenvalue weighted by atomic mass is 16.6. The molecule has 1 aliphatic carbocycles. The van der Waals surface area contributed by atoms with Gasteiger partial charge in [0.05, 0.1) is 5.56 Å². The van der Waals surface area contributed by atoms with Crippen LogP contribution < -0.4 is 5.32 Å². The molecule has 0 fully saturated rings. The zero-order valence-electron chi connectivity index (χ0n) is 11.9. The molecule has 108 valence electrons. The van der Waals surface area contributed by atoms with E-state index in [0.29, 0.717) is 5.69 Å². The number of rotatable bonds is 2. The highest BCUT2D eigenvalue weighted by Crippen LogP contribution is 2.31. The zero-order chi connectivity index (χ0) is 14.9. The van der Waals surface area contributed by atoms with Crippen LogP contribution in [0.4, 0.5) is 10.5 Å². The molecule has 20 heavy (non-hydrogen) atoms. The normalized spacial score (nSPS) is 13.8. The first-order chi connectivity index (χ1) is 9.26. The summed E-state index contributed by atoms with van der Waals surface area (Å²) in [7, 11) is 0. The van der Waals surface area contributed by atoms with E-state index >= 15 is 0 Å². The predicted molar refractivity (Wildman–Crippen MR) is 75.3 cm³/mol. The molecule has 0 saturated heterocycles. The van der Waals surface area contributed by atoms with Crippen molar-refractivity contribution in [1.82, 2.24) is 0 Å². The van der Waals surface area contributed by atoms with Gasteiger partial charge < -0.3 is 9.84 Å². The molecule has 1 aliphatic rings. The molecule has 1 amide bonds. The number of nitrogens with one attached hydrogen (secondary N) is 1. The van der Waals surface area contributed by atoms with Gasteiger partial charge in [0.15, 0.2) is 0 Å². The molecule has 5 heteroatoms. The summed E-state index contributed by atoms with van der Waals surface area (Å²) in [6.45, 7) is 5.35. The molecule has 0 spiro atoms. The summed E-state index contributed by atoms with van der Waals surface area (Å²) in [5.74, 6) is -0.994. The summed E-state index contributed by atoms with van der Waals surface area (Å²) in [5.41, 5.74) is 2.16. The van der Waals surface area contributed by atoms with Gasteiger partial charge in [0.2, 0.25) is 0 Å². The lowest BCUT2D eigenvalue weighted by molar-refractivity contribution is 0.0632. The van der Waals surface area contributed by atoms with Gasteiger partial charge in [-0.05, 0) is 63.3 Å². The standard InChI is InChI=1S/C15H19NO4/c1-15(2,3)20-14(19)16-12-8-10(13(17)18)7-9-5-4-6-11(9)12/h7-8H,4-6H2,1-3H3,(H,16,19)(H,17,18). The Hall–Kier alpha value is -2.04. The number of hydrogen-bond donors (Lipinski definition) is 2. The molecule has 2 N–H and O–H groups in total. The number of carbonyl (C=O) groups excluding carboxylic acids is 1. The van der Waals surface area contributed by atoms with Crippen LogP contribution in [0, 0.1) is 0 Å². The second-order valence-corrected chi connectivity index (χ2v) is 5.95. The van der Waals surface area contributed by atoms with E-state index in [1.165, 1.54) is 6.07 Å². The van der Waals surface area contributed by atoms with Crippen molar-refractivity contribution in [2.75, 3.05) is 5.32 Å². The summed E-state index contributed by atoms with van der Waals surface area (Å²) in [6.07, 6.45) is 2.11. The van der Waals surface area contributed by atoms with E-state index in [9.17, 15) is 9.59 Å². The molecule has 5 nitrogen and oxygen atoms in total. The van der Waals surface area contributed by atoms with E-state index < -0.39 is 17.7 Å². The summed E-state index contributed by atoms with van der Waals surface area (Å²) >= 11 is 0. The SMILES string of the molecule is CC(C)(C)OC(=O)Nc1cc(C(=O)O)cc2c1CCC2. The first-order valence-electron chi connectivity index (χ1n) is 6.65. The molecule has 0 bridgehead atoms. The zero-order valence-corrected chi connectivity index (χ0v) is 11.9. The quantitative estimate of drug-likeness (QED) is 0.870. The van der Waals surface area contributed by atoms with Gasteiger partial charge in [0, 0.05) is 5.69 Å². The van der Waals surface area contributed by atoms with Crippen LogP contribution in [0.3, 0.4) is 0 Å². The average Bonchev–Trinajstić information content (AvgIpc) is 2.74. The molecule has 0 aliphatic heterocycles. The van der Waals surface area contributed by atoms with Crippen LogP contribution in [0.25, 0.3) is 0 Å². The highest BCUT2D eigenvalue weighted by Gasteiger charge is 2.22. The second-order valence-electron chi connectivity index (χ2n) is 5.95. The van der Waals surface area contributed by atoms with Gasteiger partial charge >= 0.3 is 12.1 Å². The topological polar surface area (TPSA) is 75.6 Å². The maximum atomic E-state index is 11.8. The molecule has 0 unspecified atom stereocenters. The smallest absolute Gasteiger partial charge is 0.412 e. The van der Waals surface area contributed by atoms with Crippen molar-refractivity contribution in [3.05, 3.63) is 28.8 Å². The number of aromatic carboxylic acids is 1. The Morgan fingerprint density at radius 3 is 2.55 bits per heavy atom. The third kappa shape index (κ3) is 3.29. The minimum Gasteiger partial charge on any atom is -0.478 e. The van der Waals surface area contributed by atoms with E-state index in [4.69, 9.17) is 9.84 Å². The predicted octanol–water partition coefficient (Wildman–Crippen LogP) is 3.22. The first kappa shape index (κ1) is 14.4. The number of carbonyl (C=O) groups is 2. The van der Waals surface area contributed by atoms with E-state index in [1.807, 2.05) is 0 Å². The first-order valence-corrected chi connectivity index (χ1v) is 6.65. The molecule has 1 aromatic carbocycles. The Bertz CT molecular complexity index is 558. The fraction of sp³-hybridized carbons (Fsp3) is 0.467. The maximum absolute atomic E-state index is 11.8. The van der Waals surface area contributed by atoms with Crippen molar-refractivity contribution in [3.63, 3.8) is 0 Å².